The van der Waals surface area contributed by atoms with E-state index in [1.54, 1.807) is 19.9 Å². The van der Waals surface area contributed by atoms with Crippen LogP contribution < -0.4 is 0 Å². The van der Waals surface area contributed by atoms with E-state index in [0.29, 0.717) is 38.4 Å². The molecule has 1 unspecified atom stereocenters. The predicted molar refractivity (Wildman–Crippen MR) is 87.2 cm³/mol. The maximum absolute atomic E-state index is 13.9. The summed E-state index contributed by atoms with van der Waals surface area (Å²) in [6.45, 7) is 6.41. The predicted octanol–water partition coefficient (Wildman–Crippen LogP) is 2.74. The smallest absolute Gasteiger partial charge is 0.379 e. The molecule has 1 aromatic rings. The van der Waals surface area contributed by atoms with Crippen molar-refractivity contribution in [3.8, 4) is 0 Å². The minimum Gasteiger partial charge on any atom is -0.379 e. The Morgan fingerprint density at radius 1 is 1.27 bits per heavy atom. The van der Waals surface area contributed by atoms with Crippen molar-refractivity contribution in [2.45, 2.75) is 32.3 Å². The highest BCUT2D eigenvalue weighted by atomic mass is 19.4. The van der Waals surface area contributed by atoms with Crippen molar-refractivity contribution in [1.82, 2.24) is 9.96 Å². The highest BCUT2D eigenvalue weighted by Crippen LogP contribution is 2.31. The van der Waals surface area contributed by atoms with Gasteiger partial charge in [-0.3, -0.25) is 4.90 Å². The molecule has 0 amide bonds. The van der Waals surface area contributed by atoms with Crippen molar-refractivity contribution in [1.29, 1.82) is 0 Å². The summed E-state index contributed by atoms with van der Waals surface area (Å²) in [6.07, 6.45) is -6.92. The molecular formula is C17H21F4N3O2. The monoisotopic (exact) mass is 375 g/mol. The number of halogens is 4. The fourth-order valence-corrected chi connectivity index (χ4v) is 2.96. The first-order valence-corrected chi connectivity index (χ1v) is 8.43. The molecule has 2 atom stereocenters. The van der Waals surface area contributed by atoms with Gasteiger partial charge in [-0.2, -0.15) is 13.2 Å². The fraction of sp³-hybridized carbons (Fsp3) is 0.588. The van der Waals surface area contributed by atoms with Crippen LogP contribution in [0.25, 0.3) is 0 Å². The van der Waals surface area contributed by atoms with E-state index in [4.69, 9.17) is 9.57 Å². The molecule has 1 aromatic carbocycles. The molecule has 0 aromatic heterocycles. The molecule has 0 aliphatic carbocycles. The van der Waals surface area contributed by atoms with E-state index in [-0.39, 0.29) is 11.4 Å². The molecule has 9 heteroatoms. The number of alkyl halides is 3. The number of nitrogens with zero attached hydrogens (tertiary/aromatic N) is 3. The average Bonchev–Trinajstić information content (AvgIpc) is 3.04. The number of rotatable bonds is 4. The second-order valence-electron chi connectivity index (χ2n) is 6.50. The summed E-state index contributed by atoms with van der Waals surface area (Å²) in [5.74, 6) is -0.506. The first-order chi connectivity index (χ1) is 12.3. The molecule has 0 spiro atoms. The fourth-order valence-electron chi connectivity index (χ4n) is 2.96. The summed E-state index contributed by atoms with van der Waals surface area (Å²) in [4.78, 5) is 10.9. The van der Waals surface area contributed by atoms with E-state index < -0.39 is 24.3 Å². The van der Waals surface area contributed by atoms with Crippen LogP contribution in [0.15, 0.2) is 23.2 Å². The Balaban J connectivity index is 1.84. The topological polar surface area (TPSA) is 37.3 Å². The quantitative estimate of drug-likeness (QED) is 0.759. The summed E-state index contributed by atoms with van der Waals surface area (Å²) in [5, 5.41) is 1.15. The Kier molecular flexibility index (Phi) is 5.50. The minimum absolute atomic E-state index is 0.00742. The normalized spacial score (nSPS) is 23.2. The zero-order chi connectivity index (χ0) is 18.9. The van der Waals surface area contributed by atoms with Gasteiger partial charge in [0.2, 0.25) is 0 Å². The van der Waals surface area contributed by atoms with E-state index in [1.165, 1.54) is 12.1 Å². The SMILES string of the molecule is Cc1ccc(C2=N[C@@H](C(F)(F)F)ON2C(C)CN2CCOCC2)cc1F. The summed E-state index contributed by atoms with van der Waals surface area (Å²) < 4.78 is 58.6. The number of aliphatic imine (C=N–C) groups is 1. The van der Waals surface area contributed by atoms with Crippen LogP contribution in [0, 0.1) is 12.7 Å². The third-order valence-electron chi connectivity index (χ3n) is 4.40. The molecular weight excluding hydrogens is 354 g/mol. The van der Waals surface area contributed by atoms with Crippen molar-refractivity contribution in [3.63, 3.8) is 0 Å². The maximum atomic E-state index is 13.9. The van der Waals surface area contributed by atoms with Crippen molar-refractivity contribution < 1.29 is 27.1 Å². The van der Waals surface area contributed by atoms with Crippen molar-refractivity contribution in [2.24, 2.45) is 4.99 Å². The second-order valence-corrected chi connectivity index (χ2v) is 6.50. The van der Waals surface area contributed by atoms with Gasteiger partial charge in [-0.15, -0.1) is 0 Å². The van der Waals surface area contributed by atoms with Gasteiger partial charge in [0.25, 0.3) is 6.23 Å². The molecule has 0 bridgehead atoms. The molecule has 2 aliphatic rings. The third-order valence-corrected chi connectivity index (χ3v) is 4.40. The first kappa shape index (κ1) is 19.1. The lowest BCUT2D eigenvalue weighted by atomic mass is 10.1. The van der Waals surface area contributed by atoms with E-state index in [1.807, 2.05) is 0 Å². The Morgan fingerprint density at radius 3 is 2.58 bits per heavy atom. The van der Waals surface area contributed by atoms with Gasteiger partial charge in [0.1, 0.15) is 5.82 Å². The molecule has 1 saturated heterocycles. The highest BCUT2D eigenvalue weighted by molar-refractivity contribution is 5.99. The number of hydroxylamine groups is 2. The Labute approximate surface area is 149 Å². The Morgan fingerprint density at radius 2 is 1.96 bits per heavy atom. The van der Waals surface area contributed by atoms with Gasteiger partial charge in [0.05, 0.1) is 19.3 Å². The van der Waals surface area contributed by atoms with Gasteiger partial charge in [-0.1, -0.05) is 12.1 Å². The molecule has 5 nitrogen and oxygen atoms in total. The molecule has 1 fully saturated rings. The van der Waals surface area contributed by atoms with E-state index >= 15 is 0 Å². The standard InChI is InChI=1S/C17H21F4N3O2/c1-11-3-4-13(9-14(11)18)15-22-16(17(19,20)21)26-24(15)12(2)10-23-5-7-25-8-6-23/h3-4,9,12,16H,5-8,10H2,1-2H3/t12?,16-/m1/s1. The van der Waals surface area contributed by atoms with E-state index in [0.717, 1.165) is 5.06 Å². The van der Waals surface area contributed by atoms with Crippen molar-refractivity contribution in [2.75, 3.05) is 32.8 Å². The zero-order valence-electron chi connectivity index (χ0n) is 14.6. The number of amidine groups is 1. The van der Waals surface area contributed by atoms with Crippen LogP contribution in [0.5, 0.6) is 0 Å². The maximum Gasteiger partial charge on any atom is 0.437 e. The second kappa shape index (κ2) is 7.50. The average molecular weight is 375 g/mol. The molecule has 3 rings (SSSR count). The van der Waals surface area contributed by atoms with E-state index in [2.05, 4.69) is 9.89 Å². The van der Waals surface area contributed by atoms with Crippen LogP contribution in [-0.2, 0) is 9.57 Å². The van der Waals surface area contributed by atoms with Crippen molar-refractivity contribution >= 4 is 5.84 Å². The van der Waals surface area contributed by atoms with Crippen LogP contribution in [0.1, 0.15) is 18.1 Å². The molecule has 2 aliphatic heterocycles. The van der Waals surface area contributed by atoms with Crippen molar-refractivity contribution in [3.05, 3.63) is 35.1 Å². The Hall–Kier alpha value is -1.71. The van der Waals surface area contributed by atoms with Gasteiger partial charge >= 0.3 is 6.18 Å². The number of hydrogen-bond donors (Lipinski definition) is 0. The molecule has 0 radical (unpaired) electrons. The van der Waals surface area contributed by atoms with Crippen LogP contribution in [-0.4, -0.2) is 67.1 Å². The number of ether oxygens (including phenoxy) is 1. The Bertz CT molecular complexity index is 674. The minimum atomic E-state index is -4.64. The lowest BCUT2D eigenvalue weighted by Gasteiger charge is -2.33. The van der Waals surface area contributed by atoms with Crippen LogP contribution in [0.2, 0.25) is 0 Å². The molecule has 2 heterocycles. The van der Waals surface area contributed by atoms with Crippen LogP contribution in [0.4, 0.5) is 17.6 Å². The molecule has 0 saturated carbocycles. The number of morpholine rings is 1. The summed E-state index contributed by atoms with van der Waals surface area (Å²) in [7, 11) is 0. The van der Waals surface area contributed by atoms with Gasteiger partial charge < -0.3 is 4.74 Å². The number of benzene rings is 1. The summed E-state index contributed by atoms with van der Waals surface area (Å²) in [6, 6.07) is 3.85. The van der Waals surface area contributed by atoms with E-state index in [9.17, 15) is 17.6 Å². The van der Waals surface area contributed by atoms with Gasteiger partial charge in [0.15, 0.2) is 5.84 Å². The molecule has 26 heavy (non-hydrogen) atoms. The van der Waals surface area contributed by atoms with Gasteiger partial charge in [-0.25, -0.2) is 19.3 Å². The zero-order valence-corrected chi connectivity index (χ0v) is 14.6. The van der Waals surface area contributed by atoms with Crippen LogP contribution >= 0.6 is 0 Å². The third kappa shape index (κ3) is 4.16. The lowest BCUT2D eigenvalue weighted by Crippen LogP contribution is -2.47. The van der Waals surface area contributed by atoms with Crippen LogP contribution in [0.3, 0.4) is 0 Å². The summed E-state index contributed by atoms with van der Waals surface area (Å²) in [5.41, 5.74) is 0.669. The molecule has 0 N–H and O–H groups in total. The molecule has 144 valence electrons. The lowest BCUT2D eigenvalue weighted by molar-refractivity contribution is -0.268. The highest BCUT2D eigenvalue weighted by Gasteiger charge is 2.48. The summed E-state index contributed by atoms with van der Waals surface area (Å²) >= 11 is 0. The largest absolute Gasteiger partial charge is 0.437 e. The number of hydrogen-bond acceptors (Lipinski definition) is 5. The number of aryl methyl sites for hydroxylation is 1. The van der Waals surface area contributed by atoms with Gasteiger partial charge in [0, 0.05) is 25.2 Å². The van der Waals surface area contributed by atoms with Gasteiger partial charge in [-0.05, 0) is 25.5 Å². The first-order valence-electron chi connectivity index (χ1n) is 8.43.